The molecule has 2 N–H and O–H groups in total. The average Bonchev–Trinajstić information content (AvgIpc) is 2.78. The fraction of sp³-hybridized carbons (Fsp3) is 0.400. The van der Waals surface area contributed by atoms with Crippen molar-refractivity contribution in [3.63, 3.8) is 0 Å². The van der Waals surface area contributed by atoms with Crippen LogP contribution < -0.4 is 15.2 Å². The number of hydrogen-bond acceptors (Lipinski definition) is 4. The third-order valence-electron chi connectivity index (χ3n) is 3.66. The van der Waals surface area contributed by atoms with Gasteiger partial charge in [-0.1, -0.05) is 25.4 Å². The normalized spacial score (nSPS) is 13.8. The lowest BCUT2D eigenvalue weighted by molar-refractivity contribution is 0.169. The molecule has 1 aliphatic rings. The van der Waals surface area contributed by atoms with Crippen molar-refractivity contribution in [3.05, 3.63) is 22.8 Å². The first-order valence-corrected chi connectivity index (χ1v) is 7.28. The SMILES string of the molecule is CC(C)c1c(-c2cnn(C)c2N)cc(Cl)c2c1OCCO2. The fourth-order valence-electron chi connectivity index (χ4n) is 2.64. The lowest BCUT2D eigenvalue weighted by Gasteiger charge is -2.26. The topological polar surface area (TPSA) is 62.3 Å². The number of ether oxygens (including phenoxy) is 2. The van der Waals surface area contributed by atoms with Crippen molar-refractivity contribution in [2.45, 2.75) is 19.8 Å². The molecule has 6 heteroatoms. The molecular weight excluding hydrogens is 290 g/mol. The summed E-state index contributed by atoms with van der Waals surface area (Å²) in [4.78, 5) is 0. The van der Waals surface area contributed by atoms with Crippen LogP contribution in [0.25, 0.3) is 11.1 Å². The van der Waals surface area contributed by atoms with Crippen molar-refractivity contribution in [2.75, 3.05) is 18.9 Å². The van der Waals surface area contributed by atoms with Crippen LogP contribution in [0.1, 0.15) is 25.3 Å². The van der Waals surface area contributed by atoms with Gasteiger partial charge in [0.05, 0.1) is 11.2 Å². The molecule has 0 saturated carbocycles. The molecule has 0 aliphatic carbocycles. The van der Waals surface area contributed by atoms with Crippen LogP contribution in [0.2, 0.25) is 5.02 Å². The number of halogens is 1. The maximum Gasteiger partial charge on any atom is 0.180 e. The highest BCUT2D eigenvalue weighted by Crippen LogP contribution is 2.48. The predicted molar refractivity (Wildman–Crippen MR) is 83.1 cm³/mol. The number of aromatic nitrogens is 2. The Balaban J connectivity index is 2.30. The molecule has 2 heterocycles. The first-order valence-electron chi connectivity index (χ1n) is 6.90. The summed E-state index contributed by atoms with van der Waals surface area (Å²) in [6.07, 6.45) is 1.75. The van der Waals surface area contributed by atoms with Gasteiger partial charge in [0.15, 0.2) is 11.5 Å². The minimum absolute atomic E-state index is 0.243. The van der Waals surface area contributed by atoms with E-state index in [2.05, 4.69) is 18.9 Å². The lowest BCUT2D eigenvalue weighted by atomic mass is 9.92. The Morgan fingerprint density at radius 1 is 1.24 bits per heavy atom. The molecule has 0 radical (unpaired) electrons. The molecule has 2 aromatic rings. The molecule has 0 unspecified atom stereocenters. The number of nitrogens with zero attached hydrogens (tertiary/aromatic N) is 2. The van der Waals surface area contributed by atoms with Gasteiger partial charge in [-0.2, -0.15) is 5.10 Å². The van der Waals surface area contributed by atoms with E-state index < -0.39 is 0 Å². The Kier molecular flexibility index (Phi) is 3.45. The van der Waals surface area contributed by atoms with E-state index >= 15 is 0 Å². The number of anilines is 1. The molecular formula is C15H18ClN3O2. The Morgan fingerprint density at radius 3 is 2.48 bits per heavy atom. The van der Waals surface area contributed by atoms with Gasteiger partial charge in [0.2, 0.25) is 0 Å². The summed E-state index contributed by atoms with van der Waals surface area (Å²) < 4.78 is 13.1. The van der Waals surface area contributed by atoms with Gasteiger partial charge in [-0.15, -0.1) is 0 Å². The summed E-state index contributed by atoms with van der Waals surface area (Å²) in [5.41, 5.74) is 8.98. The minimum atomic E-state index is 0.243. The van der Waals surface area contributed by atoms with Gasteiger partial charge in [0.25, 0.3) is 0 Å². The first-order chi connectivity index (χ1) is 10.0. The van der Waals surface area contributed by atoms with Gasteiger partial charge in [-0.25, -0.2) is 0 Å². The zero-order valence-electron chi connectivity index (χ0n) is 12.3. The summed E-state index contributed by atoms with van der Waals surface area (Å²) in [6, 6.07) is 1.89. The van der Waals surface area contributed by atoms with E-state index in [1.54, 1.807) is 10.9 Å². The van der Waals surface area contributed by atoms with Gasteiger partial charge in [-0.05, 0) is 17.5 Å². The van der Waals surface area contributed by atoms with Crippen LogP contribution in [0.15, 0.2) is 12.3 Å². The molecule has 1 aromatic carbocycles. The van der Waals surface area contributed by atoms with Gasteiger partial charge in [0, 0.05) is 18.2 Å². The molecule has 0 amide bonds. The van der Waals surface area contributed by atoms with Gasteiger partial charge in [-0.3, -0.25) is 4.68 Å². The van der Waals surface area contributed by atoms with E-state index in [4.69, 9.17) is 26.8 Å². The largest absolute Gasteiger partial charge is 0.486 e. The Bertz CT molecular complexity index is 695. The maximum atomic E-state index is 6.36. The molecule has 1 aromatic heterocycles. The summed E-state index contributed by atoms with van der Waals surface area (Å²) in [5.74, 6) is 2.19. The van der Waals surface area contributed by atoms with Gasteiger partial charge < -0.3 is 15.2 Å². The molecule has 0 atom stereocenters. The van der Waals surface area contributed by atoms with E-state index in [1.165, 1.54) is 0 Å². The van der Waals surface area contributed by atoms with E-state index in [0.29, 0.717) is 29.8 Å². The summed E-state index contributed by atoms with van der Waals surface area (Å²) >= 11 is 6.36. The van der Waals surface area contributed by atoms with Crippen molar-refractivity contribution >= 4 is 17.4 Å². The zero-order valence-corrected chi connectivity index (χ0v) is 13.1. The Hall–Kier alpha value is -1.88. The maximum absolute atomic E-state index is 6.36. The highest BCUT2D eigenvalue weighted by atomic mass is 35.5. The lowest BCUT2D eigenvalue weighted by Crippen LogP contribution is -2.18. The van der Waals surface area contributed by atoms with Crippen molar-refractivity contribution in [1.82, 2.24) is 9.78 Å². The standard InChI is InChI=1S/C15H18ClN3O2/c1-8(2)12-9(10-7-18-19(3)15(10)17)6-11(16)13-14(12)21-5-4-20-13/h6-8H,4-5,17H2,1-3H3. The second-order valence-electron chi connectivity index (χ2n) is 5.40. The predicted octanol–water partition coefficient (Wildman–Crippen LogP) is 3.22. The summed E-state index contributed by atoms with van der Waals surface area (Å²) in [5, 5.41) is 4.75. The zero-order chi connectivity index (χ0) is 15.1. The number of rotatable bonds is 2. The molecule has 21 heavy (non-hydrogen) atoms. The highest BCUT2D eigenvalue weighted by molar-refractivity contribution is 6.32. The van der Waals surface area contributed by atoms with Gasteiger partial charge >= 0.3 is 0 Å². The molecule has 3 rings (SSSR count). The molecule has 5 nitrogen and oxygen atoms in total. The highest BCUT2D eigenvalue weighted by Gasteiger charge is 2.26. The van der Waals surface area contributed by atoms with Crippen molar-refractivity contribution < 1.29 is 9.47 Å². The van der Waals surface area contributed by atoms with Crippen LogP contribution in [0.5, 0.6) is 11.5 Å². The molecule has 0 spiro atoms. The van der Waals surface area contributed by atoms with Crippen LogP contribution in [-0.2, 0) is 7.05 Å². The molecule has 112 valence electrons. The smallest absolute Gasteiger partial charge is 0.180 e. The number of benzene rings is 1. The molecule has 0 fully saturated rings. The Morgan fingerprint density at radius 2 is 1.90 bits per heavy atom. The number of aryl methyl sites for hydroxylation is 1. The number of nitrogens with two attached hydrogens (primary N) is 1. The first kappa shape index (κ1) is 14.1. The number of hydrogen-bond donors (Lipinski definition) is 1. The van der Waals surface area contributed by atoms with Crippen LogP contribution in [-0.4, -0.2) is 23.0 Å². The van der Waals surface area contributed by atoms with E-state index in [0.717, 1.165) is 22.4 Å². The Labute approximate surface area is 128 Å². The average molecular weight is 308 g/mol. The van der Waals surface area contributed by atoms with Crippen LogP contribution in [0.4, 0.5) is 5.82 Å². The van der Waals surface area contributed by atoms with E-state index in [-0.39, 0.29) is 5.92 Å². The second kappa shape index (κ2) is 5.15. The van der Waals surface area contributed by atoms with Crippen LogP contribution in [0.3, 0.4) is 0 Å². The van der Waals surface area contributed by atoms with Crippen molar-refractivity contribution in [2.24, 2.45) is 7.05 Å². The van der Waals surface area contributed by atoms with Crippen LogP contribution in [0, 0.1) is 0 Å². The van der Waals surface area contributed by atoms with E-state index in [1.807, 2.05) is 13.1 Å². The summed E-state index contributed by atoms with van der Waals surface area (Å²) in [7, 11) is 1.81. The third-order valence-corrected chi connectivity index (χ3v) is 3.94. The molecule has 1 aliphatic heterocycles. The second-order valence-corrected chi connectivity index (χ2v) is 5.80. The number of fused-ring (bicyclic) bond motifs is 1. The third kappa shape index (κ3) is 2.21. The molecule has 0 saturated heterocycles. The number of nitrogen functional groups attached to an aromatic ring is 1. The van der Waals surface area contributed by atoms with E-state index in [9.17, 15) is 0 Å². The quantitative estimate of drug-likeness (QED) is 0.925. The van der Waals surface area contributed by atoms with Crippen LogP contribution >= 0.6 is 11.6 Å². The van der Waals surface area contributed by atoms with Crippen molar-refractivity contribution in [1.29, 1.82) is 0 Å². The fourth-order valence-corrected chi connectivity index (χ4v) is 2.89. The van der Waals surface area contributed by atoms with Gasteiger partial charge in [0.1, 0.15) is 19.0 Å². The van der Waals surface area contributed by atoms with Crippen molar-refractivity contribution in [3.8, 4) is 22.6 Å². The monoisotopic (exact) mass is 307 g/mol. The minimum Gasteiger partial charge on any atom is -0.486 e. The molecule has 0 bridgehead atoms. The summed E-state index contributed by atoms with van der Waals surface area (Å²) in [6.45, 7) is 5.25.